The van der Waals surface area contributed by atoms with Crippen molar-refractivity contribution in [1.82, 2.24) is 20.0 Å². The van der Waals surface area contributed by atoms with Crippen molar-refractivity contribution in [2.24, 2.45) is 10.9 Å². The summed E-state index contributed by atoms with van der Waals surface area (Å²) in [7, 11) is 3.55. The fourth-order valence-corrected chi connectivity index (χ4v) is 3.65. The van der Waals surface area contributed by atoms with Crippen LogP contribution in [0.15, 0.2) is 35.3 Å². The quantitative estimate of drug-likeness (QED) is 0.580. The van der Waals surface area contributed by atoms with Gasteiger partial charge in [0.05, 0.1) is 26.3 Å². The van der Waals surface area contributed by atoms with Gasteiger partial charge in [-0.2, -0.15) is 0 Å². The zero-order valence-corrected chi connectivity index (χ0v) is 17.1. The molecule has 154 valence electrons. The first-order chi connectivity index (χ1) is 13.6. The summed E-state index contributed by atoms with van der Waals surface area (Å²) in [5.41, 5.74) is 1.17. The van der Waals surface area contributed by atoms with Crippen LogP contribution in [-0.4, -0.2) is 93.1 Å². The Morgan fingerprint density at radius 3 is 2.68 bits per heavy atom. The van der Waals surface area contributed by atoms with Crippen molar-refractivity contribution in [1.29, 1.82) is 0 Å². The Bertz CT molecular complexity index is 643. The number of benzene rings is 1. The van der Waals surface area contributed by atoms with E-state index in [0.717, 1.165) is 58.3 Å². The Morgan fingerprint density at radius 1 is 1.21 bits per heavy atom. The van der Waals surface area contributed by atoms with Gasteiger partial charge in [-0.3, -0.25) is 9.69 Å². The van der Waals surface area contributed by atoms with Crippen molar-refractivity contribution >= 4 is 11.9 Å². The molecule has 1 N–H and O–H groups in total. The molecule has 2 fully saturated rings. The van der Waals surface area contributed by atoms with Crippen LogP contribution in [0.1, 0.15) is 12.0 Å². The maximum Gasteiger partial charge on any atom is 0.241 e. The summed E-state index contributed by atoms with van der Waals surface area (Å²) in [5, 5.41) is 3.29. The molecule has 1 aromatic rings. The number of carbonyl (C=O) groups excluding carboxylic acids is 1. The Labute approximate surface area is 168 Å². The van der Waals surface area contributed by atoms with Gasteiger partial charge >= 0.3 is 0 Å². The standard InChI is InChI=1S/C21H33N5O2/c1-24(2)20(27)15-23-21(22-14-18-6-4-3-5-7-18)26-9-8-19(17-26)16-25-10-12-28-13-11-25/h3-7,19H,8-17H2,1-2H3,(H,22,23). The van der Waals surface area contributed by atoms with Gasteiger partial charge in [0, 0.05) is 46.8 Å². The van der Waals surface area contributed by atoms with E-state index >= 15 is 0 Å². The minimum Gasteiger partial charge on any atom is -0.379 e. The molecular formula is C21H33N5O2. The van der Waals surface area contributed by atoms with Gasteiger partial charge < -0.3 is 19.9 Å². The second kappa shape index (κ2) is 10.4. The first kappa shape index (κ1) is 20.6. The van der Waals surface area contributed by atoms with Gasteiger partial charge in [-0.25, -0.2) is 4.99 Å². The average Bonchev–Trinajstić information content (AvgIpc) is 3.17. The molecule has 2 aliphatic rings. The summed E-state index contributed by atoms with van der Waals surface area (Å²) >= 11 is 0. The molecular weight excluding hydrogens is 354 g/mol. The van der Waals surface area contributed by atoms with E-state index < -0.39 is 0 Å². The molecule has 0 aromatic heterocycles. The number of likely N-dealkylation sites (tertiary alicyclic amines) is 1. The van der Waals surface area contributed by atoms with E-state index in [1.54, 1.807) is 19.0 Å². The summed E-state index contributed by atoms with van der Waals surface area (Å²) in [6.45, 7) is 7.70. The molecule has 2 aliphatic heterocycles. The molecule has 7 nitrogen and oxygen atoms in total. The summed E-state index contributed by atoms with van der Waals surface area (Å²) < 4.78 is 5.45. The lowest BCUT2D eigenvalue weighted by Crippen LogP contribution is -2.45. The molecule has 7 heteroatoms. The van der Waals surface area contributed by atoms with Gasteiger partial charge in [-0.1, -0.05) is 30.3 Å². The maximum atomic E-state index is 12.0. The van der Waals surface area contributed by atoms with Crippen molar-refractivity contribution in [2.75, 3.05) is 66.6 Å². The van der Waals surface area contributed by atoms with E-state index in [0.29, 0.717) is 12.5 Å². The van der Waals surface area contributed by atoms with Gasteiger partial charge in [-0.05, 0) is 17.9 Å². The van der Waals surface area contributed by atoms with E-state index in [1.165, 1.54) is 5.56 Å². The third kappa shape index (κ3) is 6.21. The van der Waals surface area contributed by atoms with Gasteiger partial charge in [0.25, 0.3) is 0 Å². The molecule has 2 saturated heterocycles. The number of amides is 1. The minimum absolute atomic E-state index is 0.0523. The summed E-state index contributed by atoms with van der Waals surface area (Å²) in [5.74, 6) is 1.52. The third-order valence-corrected chi connectivity index (χ3v) is 5.36. The Hall–Kier alpha value is -2.12. The maximum absolute atomic E-state index is 12.0. The number of nitrogens with one attached hydrogen (secondary N) is 1. The van der Waals surface area contributed by atoms with E-state index in [-0.39, 0.29) is 12.5 Å². The van der Waals surface area contributed by atoms with Crippen LogP contribution in [0.25, 0.3) is 0 Å². The SMILES string of the molecule is CN(C)C(=O)CNC(=NCc1ccccc1)N1CCC(CN2CCOCC2)C1. The highest BCUT2D eigenvalue weighted by molar-refractivity contribution is 5.86. The molecule has 0 spiro atoms. The highest BCUT2D eigenvalue weighted by atomic mass is 16.5. The van der Waals surface area contributed by atoms with Gasteiger partial charge in [0.2, 0.25) is 5.91 Å². The van der Waals surface area contributed by atoms with Crippen molar-refractivity contribution in [3.63, 3.8) is 0 Å². The second-order valence-corrected chi connectivity index (χ2v) is 7.78. The highest BCUT2D eigenvalue weighted by Crippen LogP contribution is 2.18. The van der Waals surface area contributed by atoms with Gasteiger partial charge in [0.1, 0.15) is 0 Å². The number of rotatable bonds is 6. The fraction of sp³-hybridized carbons (Fsp3) is 0.619. The number of aliphatic imine (C=N–C) groups is 1. The van der Waals surface area contributed by atoms with Gasteiger partial charge in [0.15, 0.2) is 5.96 Å². The molecule has 0 saturated carbocycles. The van der Waals surface area contributed by atoms with Crippen LogP contribution in [0.2, 0.25) is 0 Å². The van der Waals surface area contributed by atoms with Crippen molar-refractivity contribution in [2.45, 2.75) is 13.0 Å². The largest absolute Gasteiger partial charge is 0.379 e. The number of ether oxygens (including phenoxy) is 1. The predicted octanol–water partition coefficient (Wildman–Crippen LogP) is 0.875. The van der Waals surface area contributed by atoms with E-state index in [4.69, 9.17) is 9.73 Å². The monoisotopic (exact) mass is 387 g/mol. The number of morpholine rings is 1. The number of hydrogen-bond donors (Lipinski definition) is 1. The lowest BCUT2D eigenvalue weighted by atomic mass is 10.1. The number of carbonyl (C=O) groups is 1. The molecule has 28 heavy (non-hydrogen) atoms. The predicted molar refractivity (Wildman–Crippen MR) is 111 cm³/mol. The molecule has 0 radical (unpaired) electrons. The van der Waals surface area contributed by atoms with Crippen molar-refractivity contribution in [3.05, 3.63) is 35.9 Å². The normalized spacial score (nSPS) is 21.0. The van der Waals surface area contributed by atoms with Crippen LogP contribution in [0.3, 0.4) is 0 Å². The van der Waals surface area contributed by atoms with Crippen molar-refractivity contribution in [3.8, 4) is 0 Å². The molecule has 1 unspecified atom stereocenters. The first-order valence-electron chi connectivity index (χ1n) is 10.2. The molecule has 0 aliphatic carbocycles. The highest BCUT2D eigenvalue weighted by Gasteiger charge is 2.27. The topological polar surface area (TPSA) is 60.4 Å². The van der Waals surface area contributed by atoms with Crippen LogP contribution >= 0.6 is 0 Å². The van der Waals surface area contributed by atoms with Crippen molar-refractivity contribution < 1.29 is 9.53 Å². The lowest BCUT2D eigenvalue weighted by Gasteiger charge is -2.29. The van der Waals surface area contributed by atoms with Crippen LogP contribution in [-0.2, 0) is 16.1 Å². The summed E-state index contributed by atoms with van der Waals surface area (Å²) in [6.07, 6.45) is 1.16. The molecule has 2 heterocycles. The lowest BCUT2D eigenvalue weighted by molar-refractivity contribution is -0.127. The van der Waals surface area contributed by atoms with E-state index in [2.05, 4.69) is 27.2 Å². The Balaban J connectivity index is 1.59. The minimum atomic E-state index is 0.0523. The summed E-state index contributed by atoms with van der Waals surface area (Å²) in [4.78, 5) is 23.3. The number of guanidine groups is 1. The third-order valence-electron chi connectivity index (χ3n) is 5.36. The number of nitrogens with zero attached hydrogens (tertiary/aromatic N) is 4. The first-order valence-corrected chi connectivity index (χ1v) is 10.2. The second-order valence-electron chi connectivity index (χ2n) is 7.78. The average molecular weight is 388 g/mol. The molecule has 0 bridgehead atoms. The smallest absolute Gasteiger partial charge is 0.241 e. The number of hydrogen-bond acceptors (Lipinski definition) is 4. The molecule has 1 atom stereocenters. The summed E-state index contributed by atoms with van der Waals surface area (Å²) in [6, 6.07) is 10.2. The van der Waals surface area contributed by atoms with Crippen LogP contribution in [0, 0.1) is 5.92 Å². The van der Waals surface area contributed by atoms with Crippen LogP contribution in [0.4, 0.5) is 0 Å². The van der Waals surface area contributed by atoms with Crippen LogP contribution < -0.4 is 5.32 Å². The van der Waals surface area contributed by atoms with Gasteiger partial charge in [-0.15, -0.1) is 0 Å². The number of likely N-dealkylation sites (N-methyl/N-ethyl adjacent to an activating group) is 1. The zero-order valence-electron chi connectivity index (χ0n) is 17.1. The van der Waals surface area contributed by atoms with Crippen LogP contribution in [0.5, 0.6) is 0 Å². The molecule has 1 aromatic carbocycles. The Kier molecular flexibility index (Phi) is 7.68. The Morgan fingerprint density at radius 2 is 1.96 bits per heavy atom. The fourth-order valence-electron chi connectivity index (χ4n) is 3.65. The molecule has 1 amide bonds. The van der Waals surface area contributed by atoms with E-state index in [1.807, 2.05) is 18.2 Å². The zero-order chi connectivity index (χ0) is 19.8. The van der Waals surface area contributed by atoms with E-state index in [9.17, 15) is 4.79 Å². The molecule has 3 rings (SSSR count).